The predicted molar refractivity (Wildman–Crippen MR) is 131 cm³/mol. The molecule has 2 aromatic carbocycles. The summed E-state index contributed by atoms with van der Waals surface area (Å²) in [7, 11) is 0. The van der Waals surface area contributed by atoms with E-state index in [4.69, 9.17) is 16.2 Å². The Balaban J connectivity index is 1.26. The van der Waals surface area contributed by atoms with Crippen LogP contribution in [0.3, 0.4) is 0 Å². The monoisotopic (exact) mass is 477 g/mol. The number of carbonyl (C=O) groups excluding carboxylic acids is 2. The number of hydrogen-bond donors (Lipinski definition) is 3. The second-order valence-electron chi connectivity index (χ2n) is 9.63. The fraction of sp³-hybridized carbons (Fsp3) is 0.407. The zero-order valence-corrected chi connectivity index (χ0v) is 19.8. The molecule has 0 saturated heterocycles. The van der Waals surface area contributed by atoms with E-state index in [1.165, 1.54) is 0 Å². The van der Waals surface area contributed by atoms with Crippen molar-refractivity contribution in [2.45, 2.75) is 51.9 Å². The van der Waals surface area contributed by atoms with Crippen LogP contribution in [0.25, 0.3) is 0 Å². The van der Waals surface area contributed by atoms with E-state index in [0.29, 0.717) is 42.7 Å². The van der Waals surface area contributed by atoms with Gasteiger partial charge in [0.1, 0.15) is 11.5 Å². The third-order valence-electron chi connectivity index (χ3n) is 7.48. The maximum Gasteiger partial charge on any atom is 0.343 e. The molecule has 0 heterocycles. The molecule has 2 aromatic rings. The molecule has 2 fully saturated rings. The standard InChI is InChI=1S/C27H31N3O5/c1-2-3-14-27(24(33)34)22-16-26(22,27)15-20(31)11-4-17-5-12-21(13-6-17)35-23(32)18-7-9-19(10-8-18)30-25(28)29/h5-10,12-13,22H,2-4,11,14-16H2,1H3,(H,33,34)(H4,28,29,30)/t22?,26-,27+/m0/s1. The Labute approximate surface area is 204 Å². The van der Waals surface area contributed by atoms with Gasteiger partial charge in [0.15, 0.2) is 5.96 Å². The second kappa shape index (κ2) is 9.52. The molecule has 0 radical (unpaired) electrons. The van der Waals surface area contributed by atoms with Crippen molar-refractivity contribution < 1.29 is 24.2 Å². The quantitative estimate of drug-likeness (QED) is 0.181. The number of carboxylic acid groups (broad SMARTS) is 1. The number of fused-ring (bicyclic) bond motifs is 1. The van der Waals surface area contributed by atoms with Crippen molar-refractivity contribution in [1.29, 1.82) is 0 Å². The molecule has 8 nitrogen and oxygen atoms in total. The Morgan fingerprint density at radius 3 is 2.34 bits per heavy atom. The predicted octanol–water partition coefficient (Wildman–Crippen LogP) is 3.98. The molecule has 2 aliphatic rings. The van der Waals surface area contributed by atoms with Crippen LogP contribution in [0.15, 0.2) is 53.5 Å². The van der Waals surface area contributed by atoms with Crippen LogP contribution in [0.2, 0.25) is 0 Å². The van der Waals surface area contributed by atoms with Crippen molar-refractivity contribution in [2.75, 3.05) is 0 Å². The minimum atomic E-state index is -0.732. The van der Waals surface area contributed by atoms with Crippen molar-refractivity contribution in [3.8, 4) is 5.75 Å². The lowest BCUT2D eigenvalue weighted by molar-refractivity contribution is -0.147. The molecule has 35 heavy (non-hydrogen) atoms. The van der Waals surface area contributed by atoms with Crippen LogP contribution in [0.4, 0.5) is 5.69 Å². The van der Waals surface area contributed by atoms with Gasteiger partial charge in [-0.15, -0.1) is 0 Å². The smallest absolute Gasteiger partial charge is 0.343 e. The Morgan fingerprint density at radius 1 is 1.09 bits per heavy atom. The van der Waals surface area contributed by atoms with Crippen LogP contribution in [-0.4, -0.2) is 28.8 Å². The molecule has 8 heteroatoms. The lowest BCUT2D eigenvalue weighted by atomic mass is 9.80. The van der Waals surface area contributed by atoms with Crippen molar-refractivity contribution in [2.24, 2.45) is 33.2 Å². The number of nitrogens with zero attached hydrogens (tertiary/aromatic N) is 1. The highest BCUT2D eigenvalue weighted by Crippen LogP contribution is 2.90. The van der Waals surface area contributed by atoms with E-state index in [1.807, 2.05) is 12.1 Å². The summed E-state index contributed by atoms with van der Waals surface area (Å²) >= 11 is 0. The summed E-state index contributed by atoms with van der Waals surface area (Å²) < 4.78 is 5.41. The van der Waals surface area contributed by atoms with Gasteiger partial charge in [0.05, 0.1) is 16.7 Å². The first-order valence-corrected chi connectivity index (χ1v) is 12.0. The number of carboxylic acids is 1. The average molecular weight is 478 g/mol. The summed E-state index contributed by atoms with van der Waals surface area (Å²) in [6.45, 7) is 2.06. The number of nitrogens with two attached hydrogens (primary N) is 2. The van der Waals surface area contributed by atoms with Gasteiger partial charge in [-0.3, -0.25) is 9.59 Å². The topological polar surface area (TPSA) is 145 Å². The largest absolute Gasteiger partial charge is 0.481 e. The number of aryl methyl sites for hydroxylation is 1. The van der Waals surface area contributed by atoms with Crippen LogP contribution in [0.1, 0.15) is 61.4 Å². The van der Waals surface area contributed by atoms with Crippen LogP contribution in [-0.2, 0) is 16.0 Å². The fourth-order valence-corrected chi connectivity index (χ4v) is 5.43. The zero-order chi connectivity index (χ0) is 25.2. The van der Waals surface area contributed by atoms with E-state index in [9.17, 15) is 19.5 Å². The lowest BCUT2D eigenvalue weighted by Gasteiger charge is -2.22. The SMILES string of the molecule is CCCC[C@]1(C(=O)O)C2C[C@@]21CC(=O)CCc1ccc(OC(=O)c2ccc(N=C(N)N)cc2)cc1. The van der Waals surface area contributed by atoms with E-state index in [1.54, 1.807) is 36.4 Å². The summed E-state index contributed by atoms with van der Waals surface area (Å²) in [6, 6.07) is 13.4. The van der Waals surface area contributed by atoms with Crippen molar-refractivity contribution in [3.63, 3.8) is 0 Å². The molecule has 0 aliphatic heterocycles. The molecular formula is C27H31N3O5. The maximum absolute atomic E-state index is 12.7. The van der Waals surface area contributed by atoms with E-state index < -0.39 is 17.4 Å². The van der Waals surface area contributed by atoms with E-state index in [-0.39, 0.29) is 23.1 Å². The number of ketones is 1. The summed E-state index contributed by atoms with van der Waals surface area (Å²) in [5.41, 5.74) is 11.6. The molecule has 0 aromatic heterocycles. The van der Waals surface area contributed by atoms with Gasteiger partial charge in [-0.2, -0.15) is 0 Å². The van der Waals surface area contributed by atoms with E-state index in [0.717, 1.165) is 24.8 Å². The van der Waals surface area contributed by atoms with Crippen molar-refractivity contribution >= 4 is 29.4 Å². The third kappa shape index (κ3) is 4.78. The van der Waals surface area contributed by atoms with Gasteiger partial charge in [0, 0.05) is 12.8 Å². The van der Waals surface area contributed by atoms with Gasteiger partial charge in [0.2, 0.25) is 0 Å². The summed E-state index contributed by atoms with van der Waals surface area (Å²) in [6.07, 6.45) is 4.70. The lowest BCUT2D eigenvalue weighted by Crippen LogP contribution is -2.28. The molecule has 0 spiro atoms. The van der Waals surface area contributed by atoms with Crippen molar-refractivity contribution in [3.05, 3.63) is 59.7 Å². The summed E-state index contributed by atoms with van der Waals surface area (Å²) in [5.74, 6) is -0.599. The minimum absolute atomic E-state index is 0.0635. The molecule has 184 valence electrons. The van der Waals surface area contributed by atoms with Gasteiger partial charge in [-0.05, 0) is 72.6 Å². The van der Waals surface area contributed by atoms with Crippen molar-refractivity contribution in [1.82, 2.24) is 0 Å². The van der Waals surface area contributed by atoms with Gasteiger partial charge >= 0.3 is 11.9 Å². The van der Waals surface area contributed by atoms with Gasteiger partial charge in [0.25, 0.3) is 0 Å². The molecule has 0 bridgehead atoms. The first-order valence-electron chi connectivity index (χ1n) is 12.0. The number of unbranched alkanes of at least 4 members (excludes halogenated alkanes) is 1. The highest BCUT2D eigenvalue weighted by Gasteiger charge is 2.91. The highest BCUT2D eigenvalue weighted by atomic mass is 16.5. The molecule has 2 aliphatic carbocycles. The van der Waals surface area contributed by atoms with Crippen LogP contribution < -0.4 is 16.2 Å². The number of aliphatic imine (C=N–C) groups is 1. The number of benzene rings is 2. The number of esters is 1. The Bertz CT molecular complexity index is 1150. The van der Waals surface area contributed by atoms with Crippen LogP contribution >= 0.6 is 0 Å². The fourth-order valence-electron chi connectivity index (χ4n) is 5.43. The minimum Gasteiger partial charge on any atom is -0.481 e. The number of hydrogen-bond acceptors (Lipinski definition) is 5. The summed E-state index contributed by atoms with van der Waals surface area (Å²) in [5, 5.41) is 9.76. The first kappa shape index (κ1) is 24.4. The number of aliphatic carboxylic acids is 1. The normalized spacial score (nSPS) is 23.6. The number of carbonyl (C=O) groups is 3. The number of guanidine groups is 1. The highest BCUT2D eigenvalue weighted by molar-refractivity contribution is 5.91. The van der Waals surface area contributed by atoms with Gasteiger partial charge in [-0.1, -0.05) is 31.9 Å². The Kier molecular flexibility index (Phi) is 6.65. The number of Topliss-reactive ketones (excluding diaryl/α,β-unsaturated/α-hetero) is 1. The zero-order valence-electron chi connectivity index (χ0n) is 19.8. The molecule has 0 amide bonds. The van der Waals surface area contributed by atoms with Crippen LogP contribution in [0.5, 0.6) is 5.75 Å². The molecule has 5 N–H and O–H groups in total. The molecule has 1 unspecified atom stereocenters. The number of ether oxygens (including phenoxy) is 1. The molecule has 4 rings (SSSR count). The molecule has 3 atom stereocenters. The van der Waals surface area contributed by atoms with Gasteiger partial charge in [-0.25, -0.2) is 9.79 Å². The number of rotatable bonds is 12. The first-order chi connectivity index (χ1) is 16.7. The van der Waals surface area contributed by atoms with E-state index >= 15 is 0 Å². The Hall–Kier alpha value is -3.68. The third-order valence-corrected chi connectivity index (χ3v) is 7.48. The molecule has 2 saturated carbocycles. The van der Waals surface area contributed by atoms with Gasteiger partial charge < -0.3 is 21.3 Å². The summed E-state index contributed by atoms with van der Waals surface area (Å²) in [4.78, 5) is 40.8. The second-order valence-corrected chi connectivity index (χ2v) is 9.63. The maximum atomic E-state index is 12.7. The average Bonchev–Trinajstić information content (AvgIpc) is 3.67. The van der Waals surface area contributed by atoms with Crippen LogP contribution in [0, 0.1) is 16.7 Å². The molecular weight excluding hydrogens is 446 g/mol. The Morgan fingerprint density at radius 2 is 1.77 bits per heavy atom. The van der Waals surface area contributed by atoms with E-state index in [2.05, 4.69) is 11.9 Å².